The number of aryl methyl sites for hydroxylation is 1. The zero-order valence-electron chi connectivity index (χ0n) is 13.7. The number of nitrogens with one attached hydrogen (secondary N) is 2. The Balaban J connectivity index is 1.52. The molecule has 0 radical (unpaired) electrons. The van der Waals surface area contributed by atoms with Crippen LogP contribution in [0.15, 0.2) is 40.9 Å². The van der Waals surface area contributed by atoms with Gasteiger partial charge >= 0.3 is 12.4 Å². The highest BCUT2D eigenvalue weighted by atomic mass is 19.4. The first kappa shape index (κ1) is 16.8. The van der Waals surface area contributed by atoms with Gasteiger partial charge in [-0.2, -0.15) is 0 Å². The highest BCUT2D eigenvalue weighted by Crippen LogP contribution is 2.27. The lowest BCUT2D eigenvalue weighted by molar-refractivity contribution is -0.274. The van der Waals surface area contributed by atoms with Crippen LogP contribution in [0.5, 0.6) is 5.75 Å². The number of imidazole rings is 1. The second-order valence-electron chi connectivity index (χ2n) is 5.49. The molecule has 0 amide bonds. The van der Waals surface area contributed by atoms with Gasteiger partial charge in [0.2, 0.25) is 11.8 Å². The number of alkyl halides is 3. The van der Waals surface area contributed by atoms with E-state index in [0.717, 1.165) is 23.3 Å². The molecule has 0 aliphatic carbocycles. The fourth-order valence-corrected chi connectivity index (χ4v) is 2.42. The summed E-state index contributed by atoms with van der Waals surface area (Å²) in [5, 5.41) is 10.6. The summed E-state index contributed by atoms with van der Waals surface area (Å²) in [5.74, 6) is 0.186. The molecule has 0 aliphatic heterocycles. The zero-order valence-corrected chi connectivity index (χ0v) is 13.7. The van der Waals surface area contributed by atoms with E-state index in [2.05, 4.69) is 35.2 Å². The second-order valence-corrected chi connectivity index (χ2v) is 5.49. The number of benzene rings is 1. The smallest absolute Gasteiger partial charge is 0.406 e. The minimum atomic E-state index is -4.75. The van der Waals surface area contributed by atoms with Gasteiger partial charge in [0.25, 0.3) is 0 Å². The predicted octanol–water partition coefficient (Wildman–Crippen LogP) is 3.96. The van der Waals surface area contributed by atoms with Gasteiger partial charge in [0.05, 0.1) is 11.2 Å². The monoisotopic (exact) mass is 376 g/mol. The van der Waals surface area contributed by atoms with Crippen LogP contribution in [0.4, 0.5) is 25.1 Å². The van der Waals surface area contributed by atoms with Crippen LogP contribution in [0.2, 0.25) is 0 Å². The SMILES string of the molecule is Cc1nccc2[nH]c(Nc3nnc(-c4ccc(OC(F)(F)F)cc4)o3)nc12. The van der Waals surface area contributed by atoms with Crippen molar-refractivity contribution in [1.82, 2.24) is 25.1 Å². The summed E-state index contributed by atoms with van der Waals surface area (Å²) in [6, 6.07) is 6.95. The molecule has 3 heterocycles. The van der Waals surface area contributed by atoms with Crippen molar-refractivity contribution in [1.29, 1.82) is 0 Å². The fourth-order valence-electron chi connectivity index (χ4n) is 2.42. The molecular formula is C16H11F3N6O2. The van der Waals surface area contributed by atoms with E-state index in [1.807, 2.05) is 6.92 Å². The van der Waals surface area contributed by atoms with Gasteiger partial charge < -0.3 is 14.1 Å². The minimum Gasteiger partial charge on any atom is -0.406 e. The summed E-state index contributed by atoms with van der Waals surface area (Å²) in [4.78, 5) is 11.6. The fraction of sp³-hybridized carbons (Fsp3) is 0.125. The van der Waals surface area contributed by atoms with Crippen LogP contribution < -0.4 is 10.1 Å². The number of anilines is 2. The van der Waals surface area contributed by atoms with Crippen LogP contribution in [0, 0.1) is 6.92 Å². The average Bonchev–Trinajstić information content (AvgIpc) is 3.22. The quantitative estimate of drug-likeness (QED) is 0.556. The summed E-state index contributed by atoms with van der Waals surface area (Å²) >= 11 is 0. The Hall–Kier alpha value is -3.63. The van der Waals surface area contributed by atoms with Gasteiger partial charge in [0, 0.05) is 11.8 Å². The van der Waals surface area contributed by atoms with Gasteiger partial charge in [-0.15, -0.1) is 18.3 Å². The molecule has 2 N–H and O–H groups in total. The van der Waals surface area contributed by atoms with E-state index in [1.54, 1.807) is 12.3 Å². The normalized spacial score (nSPS) is 11.7. The Labute approximate surface area is 149 Å². The largest absolute Gasteiger partial charge is 0.573 e. The molecule has 8 nitrogen and oxygen atoms in total. The zero-order chi connectivity index (χ0) is 19.0. The minimum absolute atomic E-state index is 0.0743. The molecule has 0 aliphatic rings. The number of aromatic amines is 1. The van der Waals surface area contributed by atoms with Crippen LogP contribution >= 0.6 is 0 Å². The van der Waals surface area contributed by atoms with E-state index in [9.17, 15) is 13.2 Å². The lowest BCUT2D eigenvalue weighted by Crippen LogP contribution is -2.16. The summed E-state index contributed by atoms with van der Waals surface area (Å²) in [7, 11) is 0. The van der Waals surface area contributed by atoms with Crippen molar-refractivity contribution in [2.24, 2.45) is 0 Å². The molecule has 0 spiro atoms. The Kier molecular flexibility index (Phi) is 3.90. The predicted molar refractivity (Wildman–Crippen MR) is 88.3 cm³/mol. The maximum atomic E-state index is 12.2. The lowest BCUT2D eigenvalue weighted by atomic mass is 10.2. The van der Waals surface area contributed by atoms with E-state index < -0.39 is 6.36 Å². The molecule has 27 heavy (non-hydrogen) atoms. The number of rotatable bonds is 4. The number of H-pyrrole nitrogens is 1. The maximum absolute atomic E-state index is 12.2. The molecule has 0 saturated carbocycles. The molecule has 0 fully saturated rings. The molecule has 3 aromatic heterocycles. The van der Waals surface area contributed by atoms with Crippen LogP contribution in [0.1, 0.15) is 5.69 Å². The molecule has 0 saturated heterocycles. The number of hydrogen-bond acceptors (Lipinski definition) is 7. The molecule has 138 valence electrons. The summed E-state index contributed by atoms with van der Waals surface area (Å²) in [6.07, 6.45) is -3.08. The number of fused-ring (bicyclic) bond motifs is 1. The summed E-state index contributed by atoms with van der Waals surface area (Å²) in [6.45, 7) is 1.84. The van der Waals surface area contributed by atoms with Gasteiger partial charge in [-0.3, -0.25) is 10.3 Å². The van der Waals surface area contributed by atoms with Crippen LogP contribution in [-0.4, -0.2) is 31.5 Å². The number of pyridine rings is 1. The molecule has 0 unspecified atom stereocenters. The third kappa shape index (κ3) is 3.66. The third-order valence-corrected chi connectivity index (χ3v) is 3.57. The third-order valence-electron chi connectivity index (χ3n) is 3.57. The number of hydrogen-bond donors (Lipinski definition) is 2. The van der Waals surface area contributed by atoms with Crippen molar-refractivity contribution in [3.05, 3.63) is 42.2 Å². The van der Waals surface area contributed by atoms with Crippen molar-refractivity contribution in [3.8, 4) is 17.2 Å². The van der Waals surface area contributed by atoms with Gasteiger partial charge in [0.1, 0.15) is 11.3 Å². The van der Waals surface area contributed by atoms with Gasteiger partial charge in [-0.05, 0) is 37.3 Å². The number of ether oxygens (including phenoxy) is 1. The Bertz CT molecular complexity index is 1090. The van der Waals surface area contributed by atoms with Gasteiger partial charge in [-0.25, -0.2) is 4.98 Å². The molecule has 4 rings (SSSR count). The number of nitrogens with zero attached hydrogens (tertiary/aromatic N) is 4. The van der Waals surface area contributed by atoms with Gasteiger partial charge in [0.15, 0.2) is 0 Å². The van der Waals surface area contributed by atoms with Gasteiger partial charge in [-0.1, -0.05) is 5.10 Å². The van der Waals surface area contributed by atoms with Crippen molar-refractivity contribution >= 4 is 23.0 Å². The molecule has 0 bridgehead atoms. The first-order valence-corrected chi connectivity index (χ1v) is 7.65. The van der Waals surface area contributed by atoms with Crippen molar-refractivity contribution in [2.45, 2.75) is 13.3 Å². The molecule has 0 atom stereocenters. The van der Waals surface area contributed by atoms with Crippen LogP contribution in [0.25, 0.3) is 22.5 Å². The molecule has 11 heteroatoms. The standard InChI is InChI=1S/C16H11F3N6O2/c1-8-12-11(6-7-20-8)21-14(22-12)23-15-25-24-13(26-15)9-2-4-10(5-3-9)27-16(17,18)19/h2-7H,1H3,(H2,21,22,23,25). The maximum Gasteiger partial charge on any atom is 0.573 e. The first-order chi connectivity index (χ1) is 12.9. The molecule has 1 aromatic carbocycles. The Morgan fingerprint density at radius 2 is 1.89 bits per heavy atom. The topological polar surface area (TPSA) is 102 Å². The average molecular weight is 376 g/mol. The highest BCUT2D eigenvalue weighted by Gasteiger charge is 2.31. The van der Waals surface area contributed by atoms with Crippen molar-refractivity contribution < 1.29 is 22.3 Å². The van der Waals surface area contributed by atoms with E-state index in [1.165, 1.54) is 12.1 Å². The first-order valence-electron chi connectivity index (χ1n) is 7.65. The lowest BCUT2D eigenvalue weighted by Gasteiger charge is -2.08. The highest BCUT2D eigenvalue weighted by molar-refractivity contribution is 5.79. The van der Waals surface area contributed by atoms with E-state index >= 15 is 0 Å². The molecule has 4 aromatic rings. The van der Waals surface area contributed by atoms with Crippen LogP contribution in [-0.2, 0) is 0 Å². The van der Waals surface area contributed by atoms with E-state index in [0.29, 0.717) is 17.0 Å². The van der Waals surface area contributed by atoms with Crippen LogP contribution in [0.3, 0.4) is 0 Å². The number of aromatic nitrogens is 5. The van der Waals surface area contributed by atoms with E-state index in [-0.39, 0.29) is 17.7 Å². The molecular weight excluding hydrogens is 365 g/mol. The van der Waals surface area contributed by atoms with Crippen molar-refractivity contribution in [2.75, 3.05) is 5.32 Å². The summed E-state index contributed by atoms with van der Waals surface area (Å²) in [5.41, 5.74) is 2.71. The Morgan fingerprint density at radius 1 is 1.11 bits per heavy atom. The van der Waals surface area contributed by atoms with Crippen molar-refractivity contribution in [3.63, 3.8) is 0 Å². The number of halogens is 3. The van der Waals surface area contributed by atoms with E-state index in [4.69, 9.17) is 4.42 Å². The second kappa shape index (κ2) is 6.27. The summed E-state index contributed by atoms with van der Waals surface area (Å²) < 4.78 is 45.9. The Morgan fingerprint density at radius 3 is 2.59 bits per heavy atom.